The molecule has 2 saturated heterocycles. The highest BCUT2D eigenvalue weighted by atomic mass is 32.2. The van der Waals surface area contributed by atoms with Crippen LogP contribution in [0.4, 0.5) is 0 Å². The van der Waals surface area contributed by atoms with Crippen LogP contribution in [0.3, 0.4) is 0 Å². The topological polar surface area (TPSA) is 92.7 Å². The Morgan fingerprint density at radius 1 is 1.09 bits per heavy atom. The van der Waals surface area contributed by atoms with E-state index in [1.54, 1.807) is 38.5 Å². The summed E-state index contributed by atoms with van der Waals surface area (Å²) in [5.41, 5.74) is -0.0861. The van der Waals surface area contributed by atoms with Crippen LogP contribution < -0.4 is 0 Å². The maximum atomic E-state index is 12.5. The Bertz CT molecular complexity index is 779. The van der Waals surface area contributed by atoms with E-state index in [0.29, 0.717) is 18.4 Å². The van der Waals surface area contributed by atoms with E-state index >= 15 is 0 Å². The SMILES string of the molecule is CCSC1OC(COC(=O)c2ccccc2)C2OC3(OC)CCCCC3(OC)OC2C1O. The van der Waals surface area contributed by atoms with Gasteiger partial charge in [0.1, 0.15) is 36.5 Å². The van der Waals surface area contributed by atoms with Gasteiger partial charge in [0.25, 0.3) is 0 Å². The first-order valence-corrected chi connectivity index (χ1v) is 12.2. The molecular formula is C23H32O8S. The minimum absolute atomic E-state index is 0.0362. The van der Waals surface area contributed by atoms with Gasteiger partial charge < -0.3 is 33.5 Å². The first-order chi connectivity index (χ1) is 15.5. The summed E-state index contributed by atoms with van der Waals surface area (Å²) in [6, 6.07) is 8.79. The molecule has 0 radical (unpaired) electrons. The van der Waals surface area contributed by atoms with E-state index in [4.69, 9.17) is 28.4 Å². The van der Waals surface area contributed by atoms with Crippen LogP contribution in [-0.2, 0) is 28.4 Å². The Morgan fingerprint density at radius 3 is 2.31 bits per heavy atom. The predicted molar refractivity (Wildman–Crippen MR) is 117 cm³/mol. The molecule has 2 aliphatic heterocycles. The van der Waals surface area contributed by atoms with Gasteiger partial charge in [-0.05, 0) is 30.7 Å². The van der Waals surface area contributed by atoms with E-state index in [9.17, 15) is 9.90 Å². The molecule has 3 fully saturated rings. The van der Waals surface area contributed by atoms with Crippen molar-refractivity contribution in [1.29, 1.82) is 0 Å². The van der Waals surface area contributed by atoms with E-state index in [0.717, 1.165) is 18.6 Å². The molecule has 0 bridgehead atoms. The number of fused-ring (bicyclic) bond motifs is 2. The van der Waals surface area contributed by atoms with Crippen molar-refractivity contribution < 1.29 is 38.3 Å². The zero-order valence-electron chi connectivity index (χ0n) is 18.7. The van der Waals surface area contributed by atoms with E-state index in [1.807, 2.05) is 13.0 Å². The summed E-state index contributed by atoms with van der Waals surface area (Å²) in [5.74, 6) is -1.95. The maximum Gasteiger partial charge on any atom is 0.338 e. The average molecular weight is 469 g/mol. The lowest BCUT2D eigenvalue weighted by Gasteiger charge is -2.60. The number of ether oxygens (including phenoxy) is 6. The molecule has 1 aromatic rings. The van der Waals surface area contributed by atoms with Crippen LogP contribution in [0.15, 0.2) is 30.3 Å². The maximum absolute atomic E-state index is 12.5. The summed E-state index contributed by atoms with van der Waals surface area (Å²) in [7, 11) is 3.15. The fraction of sp³-hybridized carbons (Fsp3) is 0.696. The van der Waals surface area contributed by atoms with E-state index in [1.165, 1.54) is 11.8 Å². The van der Waals surface area contributed by atoms with Gasteiger partial charge in [0.2, 0.25) is 11.6 Å². The Morgan fingerprint density at radius 2 is 1.72 bits per heavy atom. The van der Waals surface area contributed by atoms with Crippen LogP contribution >= 0.6 is 11.8 Å². The number of carbonyl (C=O) groups excluding carboxylic acids is 1. The number of methoxy groups -OCH3 is 2. The normalized spacial score (nSPS) is 39.1. The van der Waals surface area contributed by atoms with Crippen molar-refractivity contribution in [3.63, 3.8) is 0 Å². The first kappa shape index (κ1) is 23.9. The van der Waals surface area contributed by atoms with Gasteiger partial charge in [-0.1, -0.05) is 25.1 Å². The number of hydrogen-bond acceptors (Lipinski definition) is 9. The second kappa shape index (κ2) is 9.97. The van der Waals surface area contributed by atoms with E-state index < -0.39 is 47.4 Å². The molecule has 1 aliphatic carbocycles. The van der Waals surface area contributed by atoms with Gasteiger partial charge >= 0.3 is 5.97 Å². The number of benzene rings is 1. The van der Waals surface area contributed by atoms with Crippen LogP contribution in [0.1, 0.15) is 43.0 Å². The summed E-state index contributed by atoms with van der Waals surface area (Å²) < 4.78 is 36.4. The van der Waals surface area contributed by atoms with Gasteiger partial charge in [0.05, 0.1) is 5.56 Å². The molecule has 8 nitrogen and oxygen atoms in total. The Labute approximate surface area is 192 Å². The van der Waals surface area contributed by atoms with Crippen LogP contribution in [0.2, 0.25) is 0 Å². The molecule has 1 aromatic carbocycles. The number of hydrogen-bond donors (Lipinski definition) is 1. The number of aliphatic hydroxyl groups excluding tert-OH is 1. The smallest absolute Gasteiger partial charge is 0.338 e. The average Bonchev–Trinajstić information content (AvgIpc) is 2.84. The highest BCUT2D eigenvalue weighted by Crippen LogP contribution is 2.51. The molecule has 0 amide bonds. The first-order valence-electron chi connectivity index (χ1n) is 11.1. The number of aliphatic hydroxyl groups is 1. The lowest BCUT2D eigenvalue weighted by molar-refractivity contribution is -0.488. The van der Waals surface area contributed by atoms with Crippen molar-refractivity contribution in [2.75, 3.05) is 26.6 Å². The Hall–Kier alpha value is -1.20. The molecule has 32 heavy (non-hydrogen) atoms. The molecular weight excluding hydrogens is 436 g/mol. The Kier molecular flexibility index (Phi) is 7.46. The monoisotopic (exact) mass is 468 g/mol. The van der Waals surface area contributed by atoms with Crippen molar-refractivity contribution in [3.8, 4) is 0 Å². The molecule has 9 heteroatoms. The van der Waals surface area contributed by atoms with Crippen molar-refractivity contribution in [1.82, 2.24) is 0 Å². The van der Waals surface area contributed by atoms with Crippen LogP contribution in [0, 0.1) is 0 Å². The second-order valence-corrected chi connectivity index (χ2v) is 9.61. The molecule has 4 rings (SSSR count). The van der Waals surface area contributed by atoms with Gasteiger partial charge in [-0.2, -0.15) is 0 Å². The van der Waals surface area contributed by atoms with Crippen molar-refractivity contribution in [2.24, 2.45) is 0 Å². The molecule has 0 spiro atoms. The molecule has 178 valence electrons. The van der Waals surface area contributed by atoms with Gasteiger partial charge in [-0.15, -0.1) is 11.8 Å². The molecule has 1 N–H and O–H groups in total. The summed E-state index contributed by atoms with van der Waals surface area (Å²) in [6.45, 7) is 1.95. The standard InChI is InChI=1S/C23H32O8S/c1-4-32-21-17(24)19-18(16(29-21)14-28-20(25)15-10-6-5-7-11-15)30-22(26-2)12-8-9-13-23(22,27-3)31-19/h5-7,10-11,16-19,21,24H,4,8-9,12-14H2,1-3H3. The van der Waals surface area contributed by atoms with Crippen molar-refractivity contribution in [3.05, 3.63) is 35.9 Å². The number of thioether (sulfide) groups is 1. The summed E-state index contributed by atoms with van der Waals surface area (Å²) in [5, 5.41) is 11.1. The summed E-state index contributed by atoms with van der Waals surface area (Å²) in [6.07, 6.45) is -0.00651. The number of carbonyl (C=O) groups is 1. The van der Waals surface area contributed by atoms with Crippen molar-refractivity contribution in [2.45, 2.75) is 74.0 Å². The predicted octanol–water partition coefficient (Wildman–Crippen LogP) is 2.73. The van der Waals surface area contributed by atoms with Gasteiger partial charge in [-0.3, -0.25) is 0 Å². The van der Waals surface area contributed by atoms with E-state index in [2.05, 4.69) is 0 Å². The van der Waals surface area contributed by atoms with E-state index in [-0.39, 0.29) is 6.61 Å². The Balaban J connectivity index is 1.58. The lowest BCUT2D eigenvalue weighted by Crippen LogP contribution is -2.75. The van der Waals surface area contributed by atoms with Crippen LogP contribution in [0.25, 0.3) is 0 Å². The highest BCUT2D eigenvalue weighted by molar-refractivity contribution is 7.99. The highest BCUT2D eigenvalue weighted by Gasteiger charge is 2.66. The summed E-state index contributed by atoms with van der Waals surface area (Å²) in [4.78, 5) is 12.5. The minimum atomic E-state index is -1.13. The molecule has 2 heterocycles. The zero-order valence-corrected chi connectivity index (χ0v) is 19.5. The molecule has 1 saturated carbocycles. The third kappa shape index (κ3) is 4.20. The van der Waals surface area contributed by atoms with Crippen molar-refractivity contribution >= 4 is 17.7 Å². The minimum Gasteiger partial charge on any atom is -0.459 e. The van der Waals surface area contributed by atoms with Gasteiger partial charge in [-0.25, -0.2) is 4.79 Å². The lowest BCUT2D eigenvalue weighted by atomic mass is 9.84. The van der Waals surface area contributed by atoms with Gasteiger partial charge in [0.15, 0.2) is 0 Å². The molecule has 0 aromatic heterocycles. The molecule has 7 unspecified atom stereocenters. The zero-order chi connectivity index (χ0) is 22.8. The third-order valence-electron chi connectivity index (χ3n) is 6.49. The van der Waals surface area contributed by atoms with Gasteiger partial charge in [0, 0.05) is 27.1 Å². The van der Waals surface area contributed by atoms with Crippen LogP contribution in [-0.4, -0.2) is 79.1 Å². The molecule has 7 atom stereocenters. The fourth-order valence-corrected chi connectivity index (χ4v) is 5.77. The largest absolute Gasteiger partial charge is 0.459 e. The van der Waals surface area contributed by atoms with Crippen LogP contribution in [0.5, 0.6) is 0 Å². The number of rotatable bonds is 7. The quantitative estimate of drug-likeness (QED) is 0.606. The molecule has 3 aliphatic rings. The second-order valence-electron chi connectivity index (χ2n) is 8.24. The third-order valence-corrected chi connectivity index (χ3v) is 7.54. The summed E-state index contributed by atoms with van der Waals surface area (Å²) >= 11 is 1.47. The number of esters is 1. The fourth-order valence-electron chi connectivity index (χ4n) is 4.87.